The van der Waals surface area contributed by atoms with Crippen LogP contribution in [0.5, 0.6) is 0 Å². The minimum atomic E-state index is -0.124. The Morgan fingerprint density at radius 2 is 2.04 bits per heavy atom. The van der Waals surface area contributed by atoms with Gasteiger partial charge in [0.25, 0.3) is 0 Å². The molecule has 2 aliphatic rings. The third-order valence-electron chi connectivity index (χ3n) is 6.48. The molecule has 27 heavy (non-hydrogen) atoms. The number of carbonyl (C=O) groups excluding carboxylic acids is 1. The minimum absolute atomic E-state index is 0. The molecule has 0 bridgehead atoms. The van der Waals surface area contributed by atoms with Crippen LogP contribution >= 0.6 is 0 Å². The van der Waals surface area contributed by atoms with Gasteiger partial charge in [-0.3, -0.25) is 4.79 Å². The monoisotopic (exact) mass is 381 g/mol. The van der Waals surface area contributed by atoms with Crippen LogP contribution in [0, 0.1) is 23.7 Å². The Morgan fingerprint density at radius 1 is 1.22 bits per heavy atom. The molecule has 1 aromatic heterocycles. The van der Waals surface area contributed by atoms with Crippen molar-refractivity contribution in [2.45, 2.75) is 71.3 Å². The smallest absolute Gasteiger partial charge is 0.323 e. The molecule has 1 aliphatic carbocycles. The number of rotatable bonds is 8. The lowest BCUT2D eigenvalue weighted by atomic mass is 9.69. The van der Waals surface area contributed by atoms with Crippen LogP contribution in [0.2, 0.25) is 0 Å². The quantitative estimate of drug-likeness (QED) is 0.660. The number of nitrogens with one attached hydrogen (secondary N) is 2. The van der Waals surface area contributed by atoms with Gasteiger partial charge in [0.1, 0.15) is 6.04 Å². The number of tetrazole rings is 1. The highest BCUT2D eigenvalue weighted by Crippen LogP contribution is 2.40. The van der Waals surface area contributed by atoms with Crippen molar-refractivity contribution in [2.75, 3.05) is 13.2 Å². The predicted molar refractivity (Wildman–Crippen MR) is 102 cm³/mol. The molecule has 2 heterocycles. The molecule has 0 unspecified atom stereocenters. The lowest BCUT2D eigenvalue weighted by molar-refractivity contribution is -0.149. The number of esters is 1. The van der Waals surface area contributed by atoms with Gasteiger partial charge < -0.3 is 15.5 Å². The van der Waals surface area contributed by atoms with Crippen molar-refractivity contribution in [2.24, 2.45) is 23.7 Å². The molecule has 154 valence electrons. The number of aryl methyl sites for hydroxylation is 1. The van der Waals surface area contributed by atoms with E-state index in [1.807, 2.05) is 0 Å². The number of aromatic nitrogens is 4. The van der Waals surface area contributed by atoms with Crippen molar-refractivity contribution in [3.8, 4) is 0 Å². The first-order valence-electron chi connectivity index (χ1n) is 10.3. The number of nitrogens with zero attached hydrogens (tertiary/aromatic N) is 3. The lowest BCUT2D eigenvalue weighted by Gasteiger charge is -2.42. The molecule has 8 heteroatoms. The van der Waals surface area contributed by atoms with E-state index in [0.717, 1.165) is 44.5 Å². The molecule has 3 rings (SSSR count). The van der Waals surface area contributed by atoms with E-state index >= 15 is 0 Å². The van der Waals surface area contributed by atoms with Crippen LogP contribution < -0.4 is 5.32 Å². The zero-order valence-corrected chi connectivity index (χ0v) is 16.6. The molecule has 0 spiro atoms. The van der Waals surface area contributed by atoms with Crippen molar-refractivity contribution in [1.82, 2.24) is 25.9 Å². The summed E-state index contributed by atoms with van der Waals surface area (Å²) in [6.45, 7) is 5.82. The average molecular weight is 382 g/mol. The summed E-state index contributed by atoms with van der Waals surface area (Å²) in [6.07, 6.45) is 8.78. The second-order valence-corrected chi connectivity index (χ2v) is 8.08. The maximum absolute atomic E-state index is 12.5. The number of carbonyl (C=O) groups is 1. The van der Waals surface area contributed by atoms with E-state index in [9.17, 15) is 4.79 Å². The summed E-state index contributed by atoms with van der Waals surface area (Å²) < 4.78 is 5.60. The van der Waals surface area contributed by atoms with Gasteiger partial charge in [0.2, 0.25) is 0 Å². The minimum Gasteiger partial charge on any atom is -0.464 e. The average Bonchev–Trinajstić information content (AvgIpc) is 3.20. The number of ether oxygens (including phenoxy) is 1. The van der Waals surface area contributed by atoms with Gasteiger partial charge in [0.15, 0.2) is 5.82 Å². The van der Waals surface area contributed by atoms with Gasteiger partial charge in [-0.15, -0.1) is 10.2 Å². The van der Waals surface area contributed by atoms with E-state index in [-0.39, 0.29) is 17.5 Å². The number of fused-ring (bicyclic) bond motifs is 1. The number of piperidine rings is 1. The fourth-order valence-corrected chi connectivity index (χ4v) is 4.55. The Morgan fingerprint density at radius 3 is 2.74 bits per heavy atom. The summed E-state index contributed by atoms with van der Waals surface area (Å²) in [7, 11) is 0. The Balaban J connectivity index is 0.00000261. The van der Waals surface area contributed by atoms with Crippen LogP contribution in [-0.2, 0) is 16.0 Å². The van der Waals surface area contributed by atoms with Gasteiger partial charge in [-0.1, -0.05) is 38.3 Å². The maximum Gasteiger partial charge on any atom is 0.323 e. The highest BCUT2D eigenvalue weighted by molar-refractivity contribution is 5.76. The molecule has 4 N–H and O–H groups in total. The van der Waals surface area contributed by atoms with Gasteiger partial charge in [-0.05, 0) is 55.9 Å². The van der Waals surface area contributed by atoms with Crippen LogP contribution in [0.4, 0.5) is 0 Å². The molecule has 0 aromatic carbocycles. The molecule has 0 amide bonds. The molecule has 1 aliphatic heterocycles. The summed E-state index contributed by atoms with van der Waals surface area (Å²) in [5.41, 5.74) is 0. The topological polar surface area (TPSA) is 124 Å². The fourth-order valence-electron chi connectivity index (χ4n) is 4.55. The Bertz CT molecular complexity index is 550. The van der Waals surface area contributed by atoms with Crippen LogP contribution in [0.15, 0.2) is 0 Å². The molecular formula is C19H35N5O3. The van der Waals surface area contributed by atoms with E-state index in [4.69, 9.17) is 4.74 Å². The molecule has 0 radical (unpaired) electrons. The molecule has 2 fully saturated rings. The molecule has 8 nitrogen and oxygen atoms in total. The second-order valence-electron chi connectivity index (χ2n) is 8.08. The van der Waals surface area contributed by atoms with Crippen molar-refractivity contribution >= 4 is 5.97 Å². The summed E-state index contributed by atoms with van der Waals surface area (Å²) in [4.78, 5) is 12.5. The van der Waals surface area contributed by atoms with Crippen molar-refractivity contribution in [3.05, 3.63) is 5.82 Å². The maximum atomic E-state index is 12.5. The molecule has 1 saturated carbocycles. The standard InChI is InChI=1S/C19H33N5O2.H2O/c1-3-13(4-2)12-26-19(25)17-10-16-9-14(5-7-15(16)11-20-17)6-8-18-21-23-24-22-18;/h13-17,20H,3-12H2,1-2H3,(H,21,22,23,24);1H2/t14-,15+,16-,17+;/m1./s1. The largest absolute Gasteiger partial charge is 0.464 e. The van der Waals surface area contributed by atoms with Crippen molar-refractivity contribution < 1.29 is 15.0 Å². The molecule has 4 atom stereocenters. The summed E-state index contributed by atoms with van der Waals surface area (Å²) >= 11 is 0. The SMILES string of the molecule is CCC(CC)COC(=O)[C@@H]1C[C@H]2C[C@@H](CCc3nn[nH]n3)CC[C@H]2CN1.O. The van der Waals surface area contributed by atoms with Gasteiger partial charge in [-0.2, -0.15) is 5.21 Å². The normalized spacial score (nSPS) is 27.7. The van der Waals surface area contributed by atoms with Crippen LogP contribution in [0.1, 0.15) is 64.6 Å². The Hall–Kier alpha value is -1.54. The first kappa shape index (κ1) is 21.8. The van der Waals surface area contributed by atoms with E-state index < -0.39 is 0 Å². The highest BCUT2D eigenvalue weighted by Gasteiger charge is 2.38. The van der Waals surface area contributed by atoms with Crippen molar-refractivity contribution in [3.63, 3.8) is 0 Å². The van der Waals surface area contributed by atoms with E-state index in [0.29, 0.717) is 30.3 Å². The summed E-state index contributed by atoms with van der Waals surface area (Å²) in [6, 6.07) is -0.124. The molecule has 1 aromatic rings. The lowest BCUT2D eigenvalue weighted by Crippen LogP contribution is -2.50. The number of aromatic amines is 1. The third kappa shape index (κ3) is 5.97. The number of H-pyrrole nitrogens is 1. The molecular weight excluding hydrogens is 346 g/mol. The van der Waals surface area contributed by atoms with Crippen molar-refractivity contribution in [1.29, 1.82) is 0 Å². The van der Waals surface area contributed by atoms with Gasteiger partial charge in [-0.25, -0.2) is 0 Å². The number of hydrogen-bond donors (Lipinski definition) is 2. The van der Waals surface area contributed by atoms with Gasteiger partial charge in [0, 0.05) is 6.42 Å². The fraction of sp³-hybridized carbons (Fsp3) is 0.895. The second kappa shape index (κ2) is 10.7. The summed E-state index contributed by atoms with van der Waals surface area (Å²) in [5.74, 6) is 3.28. The van der Waals surface area contributed by atoms with Crippen LogP contribution in [0.3, 0.4) is 0 Å². The van der Waals surface area contributed by atoms with Gasteiger partial charge >= 0.3 is 5.97 Å². The highest BCUT2D eigenvalue weighted by atomic mass is 16.5. The molecule has 1 saturated heterocycles. The Kier molecular flexibility index (Phi) is 8.63. The zero-order chi connectivity index (χ0) is 18.4. The Labute approximate surface area is 161 Å². The van der Waals surface area contributed by atoms with Crippen LogP contribution in [0.25, 0.3) is 0 Å². The van der Waals surface area contributed by atoms with E-state index in [1.54, 1.807) is 0 Å². The first-order chi connectivity index (χ1) is 12.7. The summed E-state index contributed by atoms with van der Waals surface area (Å²) in [5, 5.41) is 17.7. The zero-order valence-electron chi connectivity index (χ0n) is 16.6. The van der Waals surface area contributed by atoms with E-state index in [2.05, 4.69) is 39.8 Å². The van der Waals surface area contributed by atoms with E-state index in [1.165, 1.54) is 19.3 Å². The number of hydrogen-bond acceptors (Lipinski definition) is 6. The predicted octanol–water partition coefficient (Wildman–Crippen LogP) is 1.68. The third-order valence-corrected chi connectivity index (χ3v) is 6.48. The van der Waals surface area contributed by atoms with Gasteiger partial charge in [0.05, 0.1) is 6.61 Å². The first-order valence-corrected chi connectivity index (χ1v) is 10.3. The van der Waals surface area contributed by atoms with Crippen LogP contribution in [-0.4, -0.2) is 51.3 Å².